The second-order valence-electron chi connectivity index (χ2n) is 7.41. The molecule has 3 unspecified atom stereocenters. The van der Waals surface area contributed by atoms with Crippen molar-refractivity contribution in [3.05, 3.63) is 0 Å². The number of hydrogen-bond acceptors (Lipinski definition) is 2. The summed E-state index contributed by atoms with van der Waals surface area (Å²) in [6, 6.07) is -0.442. The summed E-state index contributed by atoms with van der Waals surface area (Å²) in [7, 11) is 0. The predicted octanol–water partition coefficient (Wildman–Crippen LogP) is 2.81. The van der Waals surface area contributed by atoms with Crippen molar-refractivity contribution in [2.45, 2.75) is 52.3 Å². The van der Waals surface area contributed by atoms with E-state index in [0.29, 0.717) is 5.92 Å². The lowest BCUT2D eigenvalue weighted by Gasteiger charge is -2.33. The number of nitrogens with zero attached hydrogens (tertiary/aromatic N) is 1. The van der Waals surface area contributed by atoms with E-state index in [1.54, 1.807) is 0 Å². The first-order valence-corrected chi connectivity index (χ1v) is 7.68. The van der Waals surface area contributed by atoms with Gasteiger partial charge in [-0.2, -0.15) is 13.2 Å². The van der Waals surface area contributed by atoms with Crippen molar-refractivity contribution in [3.8, 4) is 0 Å². The summed E-state index contributed by atoms with van der Waals surface area (Å²) in [5, 5.41) is 2.79. The zero-order valence-electron chi connectivity index (χ0n) is 13.0. The maximum absolute atomic E-state index is 12.6. The number of nitrogens with one attached hydrogen (secondary N) is 1. The predicted molar refractivity (Wildman–Crippen MR) is 74.7 cm³/mol. The van der Waals surface area contributed by atoms with Crippen LogP contribution in [0.15, 0.2) is 0 Å². The van der Waals surface area contributed by atoms with Gasteiger partial charge in [0, 0.05) is 19.6 Å². The van der Waals surface area contributed by atoms with Crippen LogP contribution >= 0.6 is 0 Å². The largest absolute Gasteiger partial charge is 0.393 e. The minimum absolute atomic E-state index is 0.0256. The topological polar surface area (TPSA) is 32.3 Å². The Bertz CT molecular complexity index is 381. The van der Waals surface area contributed by atoms with Gasteiger partial charge in [-0.15, -0.1) is 0 Å². The Morgan fingerprint density at radius 2 is 1.76 bits per heavy atom. The van der Waals surface area contributed by atoms with Gasteiger partial charge in [0.2, 0.25) is 5.91 Å². The molecule has 3 nitrogen and oxygen atoms in total. The second-order valence-corrected chi connectivity index (χ2v) is 7.41. The number of piperidine rings is 1. The van der Waals surface area contributed by atoms with Crippen LogP contribution in [0.5, 0.6) is 0 Å². The van der Waals surface area contributed by atoms with Gasteiger partial charge >= 0.3 is 6.18 Å². The molecule has 1 N–H and O–H groups in total. The molecule has 2 saturated heterocycles. The molecule has 122 valence electrons. The Morgan fingerprint density at radius 1 is 1.10 bits per heavy atom. The molecule has 0 bridgehead atoms. The van der Waals surface area contributed by atoms with Crippen LogP contribution in [-0.4, -0.2) is 42.7 Å². The van der Waals surface area contributed by atoms with Crippen molar-refractivity contribution in [1.82, 2.24) is 10.2 Å². The fourth-order valence-corrected chi connectivity index (χ4v) is 3.23. The quantitative estimate of drug-likeness (QED) is 0.808. The van der Waals surface area contributed by atoms with E-state index >= 15 is 0 Å². The van der Waals surface area contributed by atoms with Crippen LogP contribution in [0.1, 0.15) is 40.0 Å². The second kappa shape index (κ2) is 5.78. The average Bonchev–Trinajstić information content (AvgIpc) is 2.86. The first-order valence-electron chi connectivity index (χ1n) is 7.68. The van der Waals surface area contributed by atoms with Crippen LogP contribution < -0.4 is 5.32 Å². The summed E-state index contributed by atoms with van der Waals surface area (Å²) in [6.07, 6.45) is -2.86. The van der Waals surface area contributed by atoms with E-state index in [1.165, 1.54) is 0 Å². The van der Waals surface area contributed by atoms with Crippen LogP contribution in [-0.2, 0) is 4.79 Å². The highest BCUT2D eigenvalue weighted by molar-refractivity contribution is 5.82. The molecule has 0 radical (unpaired) electrons. The van der Waals surface area contributed by atoms with E-state index in [9.17, 15) is 18.0 Å². The number of alkyl halides is 3. The highest BCUT2D eigenvalue weighted by Gasteiger charge is 2.43. The fourth-order valence-electron chi connectivity index (χ4n) is 3.23. The molecular formula is C15H25F3N2O. The fraction of sp³-hybridized carbons (Fsp3) is 0.933. The molecule has 2 aliphatic heterocycles. The number of amides is 1. The lowest BCUT2D eigenvalue weighted by molar-refractivity contribution is -0.180. The van der Waals surface area contributed by atoms with Gasteiger partial charge in [0.1, 0.15) is 0 Å². The van der Waals surface area contributed by atoms with E-state index in [0.717, 1.165) is 19.5 Å². The molecule has 0 spiro atoms. The molecule has 2 aliphatic rings. The van der Waals surface area contributed by atoms with Gasteiger partial charge in [0.05, 0.1) is 12.0 Å². The lowest BCUT2D eigenvalue weighted by Crippen LogP contribution is -2.52. The lowest BCUT2D eigenvalue weighted by atomic mass is 9.80. The molecule has 2 heterocycles. The molecule has 1 amide bonds. The first kappa shape index (κ1) is 16.6. The Morgan fingerprint density at radius 3 is 2.19 bits per heavy atom. The van der Waals surface area contributed by atoms with Crippen molar-refractivity contribution in [2.75, 3.05) is 19.6 Å². The minimum Gasteiger partial charge on any atom is -0.341 e. The standard InChI is InChI=1S/C15H25F3N2O/c1-14(2,3)11-6-7-20(9-11)13(21)12-5-4-10(8-19-12)15(16,17)18/h10-12,19H,4-9H2,1-3H3. The third-order valence-corrected chi connectivity index (χ3v) is 4.90. The smallest absolute Gasteiger partial charge is 0.341 e. The maximum Gasteiger partial charge on any atom is 0.393 e. The number of carbonyl (C=O) groups is 1. The van der Waals surface area contributed by atoms with Gasteiger partial charge in [-0.3, -0.25) is 4.79 Å². The van der Waals surface area contributed by atoms with Crippen molar-refractivity contribution in [2.24, 2.45) is 17.3 Å². The summed E-state index contributed by atoms with van der Waals surface area (Å²) < 4.78 is 37.9. The van der Waals surface area contributed by atoms with E-state index < -0.39 is 18.1 Å². The van der Waals surface area contributed by atoms with Gasteiger partial charge in [-0.05, 0) is 30.6 Å². The number of halogens is 3. The highest BCUT2D eigenvalue weighted by Crippen LogP contribution is 2.35. The molecule has 0 aromatic rings. The summed E-state index contributed by atoms with van der Waals surface area (Å²) in [5.74, 6) is -0.877. The van der Waals surface area contributed by atoms with Crippen molar-refractivity contribution >= 4 is 5.91 Å². The number of rotatable bonds is 1. The Labute approximate surface area is 124 Å². The Balaban J connectivity index is 1.86. The van der Waals surface area contributed by atoms with Gasteiger partial charge in [0.15, 0.2) is 0 Å². The van der Waals surface area contributed by atoms with Crippen molar-refractivity contribution < 1.29 is 18.0 Å². The summed E-state index contributed by atoms with van der Waals surface area (Å²) in [6.45, 7) is 7.80. The molecule has 0 aromatic carbocycles. The summed E-state index contributed by atoms with van der Waals surface area (Å²) in [5.41, 5.74) is 0.163. The van der Waals surface area contributed by atoms with Crippen LogP contribution in [0, 0.1) is 17.3 Å². The van der Waals surface area contributed by atoms with E-state index in [2.05, 4.69) is 26.1 Å². The van der Waals surface area contributed by atoms with Crippen LogP contribution in [0.3, 0.4) is 0 Å². The van der Waals surface area contributed by atoms with Gasteiger partial charge in [0.25, 0.3) is 0 Å². The summed E-state index contributed by atoms with van der Waals surface area (Å²) in [4.78, 5) is 14.2. The molecule has 0 aliphatic carbocycles. The third kappa shape index (κ3) is 3.90. The number of hydrogen-bond donors (Lipinski definition) is 1. The van der Waals surface area contributed by atoms with Crippen LogP contribution in [0.25, 0.3) is 0 Å². The van der Waals surface area contributed by atoms with Crippen molar-refractivity contribution in [3.63, 3.8) is 0 Å². The molecular weight excluding hydrogens is 281 g/mol. The number of likely N-dealkylation sites (tertiary alicyclic amines) is 1. The third-order valence-electron chi connectivity index (χ3n) is 4.90. The monoisotopic (exact) mass is 306 g/mol. The van der Waals surface area contributed by atoms with E-state index in [1.807, 2.05) is 4.90 Å². The first-order chi connectivity index (χ1) is 9.59. The highest BCUT2D eigenvalue weighted by atomic mass is 19.4. The van der Waals surface area contributed by atoms with Gasteiger partial charge < -0.3 is 10.2 Å². The Hall–Kier alpha value is -0.780. The van der Waals surface area contributed by atoms with E-state index in [4.69, 9.17) is 0 Å². The van der Waals surface area contributed by atoms with Crippen LogP contribution in [0.2, 0.25) is 0 Å². The van der Waals surface area contributed by atoms with Gasteiger partial charge in [-0.25, -0.2) is 0 Å². The Kier molecular flexibility index (Phi) is 4.57. The molecule has 0 aromatic heterocycles. The molecule has 2 rings (SSSR count). The minimum atomic E-state index is -4.16. The molecule has 0 saturated carbocycles. The molecule has 3 atom stereocenters. The zero-order chi connectivity index (χ0) is 15.8. The average molecular weight is 306 g/mol. The SMILES string of the molecule is CC(C)(C)C1CCN(C(=O)C2CCC(C(F)(F)F)CN2)C1. The normalized spacial score (nSPS) is 31.5. The number of carbonyl (C=O) groups excluding carboxylic acids is 1. The van der Waals surface area contributed by atoms with Crippen LogP contribution in [0.4, 0.5) is 13.2 Å². The van der Waals surface area contributed by atoms with Gasteiger partial charge in [-0.1, -0.05) is 20.8 Å². The zero-order valence-corrected chi connectivity index (χ0v) is 13.0. The molecule has 21 heavy (non-hydrogen) atoms. The molecule has 2 fully saturated rings. The van der Waals surface area contributed by atoms with E-state index in [-0.39, 0.29) is 30.7 Å². The maximum atomic E-state index is 12.6. The summed E-state index contributed by atoms with van der Waals surface area (Å²) >= 11 is 0. The van der Waals surface area contributed by atoms with Crippen molar-refractivity contribution in [1.29, 1.82) is 0 Å². The molecule has 6 heteroatoms.